The standard InChI is InChI=1S/C13H19N3O/c1-9-7-12(15-8-11(9)14)16-13(17)10-5-3-2-4-6-10/h7-8,10H,2-6,14H2,1H3,(H,15,16,17). The number of amides is 1. The Morgan fingerprint density at radius 3 is 2.76 bits per heavy atom. The van der Waals surface area contributed by atoms with Crippen molar-refractivity contribution in [3.05, 3.63) is 17.8 Å². The first kappa shape index (κ1) is 11.9. The monoisotopic (exact) mass is 233 g/mol. The van der Waals surface area contributed by atoms with Crippen molar-refractivity contribution in [2.24, 2.45) is 5.92 Å². The lowest BCUT2D eigenvalue weighted by atomic mass is 9.89. The van der Waals surface area contributed by atoms with Crippen LogP contribution in [-0.2, 0) is 4.79 Å². The molecular formula is C13H19N3O. The van der Waals surface area contributed by atoms with E-state index in [1.165, 1.54) is 6.42 Å². The summed E-state index contributed by atoms with van der Waals surface area (Å²) in [5, 5.41) is 2.87. The van der Waals surface area contributed by atoms with Crippen molar-refractivity contribution >= 4 is 17.4 Å². The van der Waals surface area contributed by atoms with E-state index in [9.17, 15) is 4.79 Å². The largest absolute Gasteiger partial charge is 0.397 e. The molecule has 1 aromatic heterocycles. The molecule has 1 aliphatic rings. The number of carbonyl (C=O) groups excluding carboxylic acids is 1. The van der Waals surface area contributed by atoms with Gasteiger partial charge in [-0.25, -0.2) is 4.98 Å². The minimum Gasteiger partial charge on any atom is -0.397 e. The summed E-state index contributed by atoms with van der Waals surface area (Å²) in [5.74, 6) is 0.858. The Bertz CT molecular complexity index is 411. The van der Waals surface area contributed by atoms with E-state index in [2.05, 4.69) is 10.3 Å². The van der Waals surface area contributed by atoms with Crippen molar-refractivity contribution in [3.63, 3.8) is 0 Å². The summed E-state index contributed by atoms with van der Waals surface area (Å²) < 4.78 is 0. The molecule has 0 bridgehead atoms. The minimum atomic E-state index is 0.0985. The smallest absolute Gasteiger partial charge is 0.228 e. The van der Waals surface area contributed by atoms with Crippen LogP contribution in [0.15, 0.2) is 12.3 Å². The maximum atomic E-state index is 12.0. The predicted molar refractivity (Wildman–Crippen MR) is 68.6 cm³/mol. The highest BCUT2D eigenvalue weighted by Crippen LogP contribution is 2.25. The summed E-state index contributed by atoms with van der Waals surface area (Å²) in [7, 11) is 0. The fourth-order valence-corrected chi connectivity index (χ4v) is 2.23. The van der Waals surface area contributed by atoms with Crippen molar-refractivity contribution in [3.8, 4) is 0 Å². The van der Waals surface area contributed by atoms with Gasteiger partial charge in [0, 0.05) is 5.92 Å². The second-order valence-electron chi connectivity index (χ2n) is 4.75. The van der Waals surface area contributed by atoms with Crippen molar-refractivity contribution in [2.75, 3.05) is 11.1 Å². The molecule has 0 aromatic carbocycles. The molecule has 17 heavy (non-hydrogen) atoms. The van der Waals surface area contributed by atoms with Crippen LogP contribution < -0.4 is 11.1 Å². The number of aromatic nitrogens is 1. The van der Waals surface area contributed by atoms with Crippen LogP contribution >= 0.6 is 0 Å². The molecule has 4 heteroatoms. The number of nitrogen functional groups attached to an aromatic ring is 1. The third-order valence-corrected chi connectivity index (χ3v) is 3.38. The Hall–Kier alpha value is -1.58. The molecule has 1 heterocycles. The Labute approximate surface area is 102 Å². The van der Waals surface area contributed by atoms with Gasteiger partial charge >= 0.3 is 0 Å². The zero-order valence-corrected chi connectivity index (χ0v) is 10.2. The van der Waals surface area contributed by atoms with E-state index >= 15 is 0 Å². The SMILES string of the molecule is Cc1cc(NC(=O)C2CCCCC2)ncc1N. The Kier molecular flexibility index (Phi) is 3.61. The molecule has 4 nitrogen and oxygen atoms in total. The Morgan fingerprint density at radius 2 is 2.12 bits per heavy atom. The molecule has 0 atom stereocenters. The van der Waals surface area contributed by atoms with Gasteiger partial charge in [0.15, 0.2) is 0 Å². The van der Waals surface area contributed by atoms with Gasteiger partial charge in [0.05, 0.1) is 11.9 Å². The van der Waals surface area contributed by atoms with Crippen LogP contribution in [0.4, 0.5) is 11.5 Å². The van der Waals surface area contributed by atoms with Crippen LogP contribution in [-0.4, -0.2) is 10.9 Å². The molecule has 1 saturated carbocycles. The second-order valence-corrected chi connectivity index (χ2v) is 4.75. The lowest BCUT2D eigenvalue weighted by molar-refractivity contribution is -0.120. The van der Waals surface area contributed by atoms with E-state index < -0.39 is 0 Å². The number of nitrogens with zero attached hydrogens (tertiary/aromatic N) is 1. The van der Waals surface area contributed by atoms with Gasteiger partial charge in [-0.3, -0.25) is 4.79 Å². The van der Waals surface area contributed by atoms with Crippen molar-refractivity contribution in [2.45, 2.75) is 39.0 Å². The van der Waals surface area contributed by atoms with Gasteiger partial charge in [0.1, 0.15) is 5.82 Å². The molecule has 0 unspecified atom stereocenters. The fraction of sp³-hybridized carbons (Fsp3) is 0.538. The van der Waals surface area contributed by atoms with Crippen LogP contribution in [0.25, 0.3) is 0 Å². The first-order valence-corrected chi connectivity index (χ1v) is 6.20. The van der Waals surface area contributed by atoms with Crippen LogP contribution in [0.2, 0.25) is 0 Å². The third kappa shape index (κ3) is 2.96. The van der Waals surface area contributed by atoms with E-state index in [-0.39, 0.29) is 11.8 Å². The van der Waals surface area contributed by atoms with Crippen LogP contribution in [0.3, 0.4) is 0 Å². The number of nitrogens with two attached hydrogens (primary N) is 1. The van der Waals surface area contributed by atoms with Gasteiger partial charge in [-0.1, -0.05) is 19.3 Å². The first-order valence-electron chi connectivity index (χ1n) is 6.20. The third-order valence-electron chi connectivity index (χ3n) is 3.38. The number of hydrogen-bond acceptors (Lipinski definition) is 3. The van der Waals surface area contributed by atoms with Gasteiger partial charge in [-0.2, -0.15) is 0 Å². The van der Waals surface area contributed by atoms with E-state index in [0.717, 1.165) is 31.2 Å². The molecule has 1 aromatic rings. The molecule has 1 aliphatic carbocycles. The Morgan fingerprint density at radius 1 is 1.41 bits per heavy atom. The molecule has 3 N–H and O–H groups in total. The highest BCUT2D eigenvalue weighted by Gasteiger charge is 2.21. The number of hydrogen-bond donors (Lipinski definition) is 2. The molecule has 0 saturated heterocycles. The van der Waals surface area contributed by atoms with E-state index in [0.29, 0.717) is 11.5 Å². The summed E-state index contributed by atoms with van der Waals surface area (Å²) in [6, 6.07) is 1.82. The number of nitrogens with one attached hydrogen (secondary N) is 1. The number of carbonyl (C=O) groups is 1. The average molecular weight is 233 g/mol. The average Bonchev–Trinajstić information content (AvgIpc) is 2.35. The summed E-state index contributed by atoms with van der Waals surface area (Å²) in [5.41, 5.74) is 7.28. The van der Waals surface area contributed by atoms with Crippen molar-refractivity contribution < 1.29 is 4.79 Å². The highest BCUT2D eigenvalue weighted by atomic mass is 16.1. The molecular weight excluding hydrogens is 214 g/mol. The maximum Gasteiger partial charge on any atom is 0.228 e. The van der Waals surface area contributed by atoms with Crippen molar-refractivity contribution in [1.29, 1.82) is 0 Å². The number of aryl methyl sites for hydroxylation is 1. The molecule has 1 fully saturated rings. The van der Waals surface area contributed by atoms with Crippen LogP contribution in [0.5, 0.6) is 0 Å². The van der Waals surface area contributed by atoms with Gasteiger partial charge in [0.25, 0.3) is 0 Å². The predicted octanol–water partition coefficient (Wildman–Crippen LogP) is 2.49. The van der Waals surface area contributed by atoms with Gasteiger partial charge in [-0.05, 0) is 31.4 Å². The zero-order valence-electron chi connectivity index (χ0n) is 10.2. The van der Waals surface area contributed by atoms with Crippen molar-refractivity contribution in [1.82, 2.24) is 4.98 Å². The quantitative estimate of drug-likeness (QED) is 0.824. The summed E-state index contributed by atoms with van der Waals surface area (Å²) >= 11 is 0. The number of pyridine rings is 1. The maximum absolute atomic E-state index is 12.0. The van der Waals surface area contributed by atoms with Gasteiger partial charge < -0.3 is 11.1 Å². The van der Waals surface area contributed by atoms with Gasteiger partial charge in [-0.15, -0.1) is 0 Å². The topological polar surface area (TPSA) is 68.0 Å². The summed E-state index contributed by atoms with van der Waals surface area (Å²) in [6.07, 6.45) is 7.16. The van der Waals surface area contributed by atoms with Crippen LogP contribution in [0, 0.1) is 12.8 Å². The molecule has 0 radical (unpaired) electrons. The Balaban J connectivity index is 1.99. The lowest BCUT2D eigenvalue weighted by Crippen LogP contribution is -2.25. The van der Waals surface area contributed by atoms with Crippen LogP contribution in [0.1, 0.15) is 37.7 Å². The van der Waals surface area contributed by atoms with Gasteiger partial charge in [0.2, 0.25) is 5.91 Å². The van der Waals surface area contributed by atoms with E-state index in [1.807, 2.05) is 13.0 Å². The first-order chi connectivity index (χ1) is 8.16. The highest BCUT2D eigenvalue weighted by molar-refractivity contribution is 5.91. The molecule has 2 rings (SSSR count). The molecule has 0 spiro atoms. The molecule has 92 valence electrons. The number of anilines is 2. The summed E-state index contributed by atoms with van der Waals surface area (Å²) in [4.78, 5) is 16.1. The fourth-order valence-electron chi connectivity index (χ4n) is 2.23. The van der Waals surface area contributed by atoms with E-state index in [1.54, 1.807) is 6.20 Å². The lowest BCUT2D eigenvalue weighted by Gasteiger charge is -2.20. The molecule has 0 aliphatic heterocycles. The molecule has 1 amide bonds. The minimum absolute atomic E-state index is 0.0985. The number of rotatable bonds is 2. The summed E-state index contributed by atoms with van der Waals surface area (Å²) in [6.45, 7) is 1.91. The second kappa shape index (κ2) is 5.17. The zero-order chi connectivity index (χ0) is 12.3. The normalized spacial score (nSPS) is 16.8. The van der Waals surface area contributed by atoms with E-state index in [4.69, 9.17) is 5.73 Å².